The van der Waals surface area contributed by atoms with E-state index in [0.29, 0.717) is 52.2 Å². The molecule has 1 saturated carbocycles. The molecule has 4 heterocycles. The molecule has 9 rings (SSSR count). The van der Waals surface area contributed by atoms with E-state index in [1.54, 1.807) is 24.2 Å². The van der Waals surface area contributed by atoms with E-state index in [0.717, 1.165) is 81.0 Å². The average Bonchev–Trinajstić information content (AvgIpc) is 3.93. The minimum absolute atomic E-state index is 0.00278. The highest BCUT2D eigenvalue weighted by Gasteiger charge is 2.35. The summed E-state index contributed by atoms with van der Waals surface area (Å²) in [7, 11) is 1.79. The normalized spacial score (nSPS) is 15.8. The first-order chi connectivity index (χ1) is 30.1. The number of phenols is 2. The maximum Gasteiger partial charge on any atom is 0.348 e. The van der Waals surface area contributed by atoms with Gasteiger partial charge in [-0.05, 0) is 79.3 Å². The first-order valence-corrected chi connectivity index (χ1v) is 21.5. The lowest BCUT2D eigenvalue weighted by molar-refractivity contribution is 0.0994. The Morgan fingerprint density at radius 2 is 1.61 bits per heavy atom. The molecule has 62 heavy (non-hydrogen) atoms. The van der Waals surface area contributed by atoms with Crippen LogP contribution in [-0.2, 0) is 6.54 Å². The Balaban J connectivity index is 0.881. The number of carbonyl (C=O) groups is 1. The fourth-order valence-corrected chi connectivity index (χ4v) is 8.97. The number of aromatic hydroxyl groups is 2. The fraction of sp³-hybridized carbons (Fsp3) is 0.340. The topological polar surface area (TPSA) is 168 Å². The summed E-state index contributed by atoms with van der Waals surface area (Å²) >= 11 is 0. The van der Waals surface area contributed by atoms with Crippen LogP contribution in [0.3, 0.4) is 0 Å². The summed E-state index contributed by atoms with van der Waals surface area (Å²) in [6.45, 7) is 10.5. The summed E-state index contributed by atoms with van der Waals surface area (Å²) in [5.74, 6) is 1.88. The van der Waals surface area contributed by atoms with Gasteiger partial charge in [0, 0.05) is 63.6 Å². The van der Waals surface area contributed by atoms with E-state index in [4.69, 9.17) is 14.7 Å². The fourth-order valence-electron chi connectivity index (χ4n) is 8.97. The monoisotopic (exact) mass is 836 g/mol. The Labute approximate surface area is 360 Å². The third kappa shape index (κ3) is 7.68. The standard InChI is InChI=1S/C47H52N10O5/c1-5-62-42-24-33(18-19-37(42)49-46-48-27-39-44(50-46)56(31-10-6-7-11-31)38-13-9-8-12-34(38)45(60)53(39)4)55-22-20-54(21-23-55)28-30-14-16-32(17-15-30)57-43(51-52-47(57)61)36-25-35(29(2)3)40(58)26-41(36)59/h8-9,12-19,24-27,29,31,58-59H,5-7,10-11,20-23,28H2,1-4H3,(H,52,61)(H,48,49,50). The summed E-state index contributed by atoms with van der Waals surface area (Å²) in [5.41, 5.74) is 6.34. The highest BCUT2D eigenvalue weighted by Crippen LogP contribution is 2.44. The van der Waals surface area contributed by atoms with Crippen molar-refractivity contribution in [3.05, 3.63) is 112 Å². The van der Waals surface area contributed by atoms with Crippen LogP contribution in [0.2, 0.25) is 0 Å². The number of hydrogen-bond donors (Lipinski definition) is 4. The second-order valence-electron chi connectivity index (χ2n) is 16.5. The summed E-state index contributed by atoms with van der Waals surface area (Å²) in [5, 5.41) is 31.2. The molecule has 3 aliphatic rings. The lowest BCUT2D eigenvalue weighted by Gasteiger charge is -2.36. The molecule has 1 amide bonds. The number of amides is 1. The van der Waals surface area contributed by atoms with Crippen molar-refractivity contribution in [1.82, 2.24) is 29.6 Å². The molecule has 6 aromatic rings. The SMILES string of the molecule is CCOc1cc(N2CCN(Cc3ccc(-n4c(-c5cc(C(C)C)c(O)cc5O)n[nH]c4=O)cc3)CC2)ccc1Nc1ncc2c(n1)N(C1CCCC1)c1ccccc1C(=O)N2C. The molecule has 2 aromatic heterocycles. The molecule has 4 N–H and O–H groups in total. The van der Waals surface area contributed by atoms with Crippen molar-refractivity contribution in [3.8, 4) is 34.3 Å². The summed E-state index contributed by atoms with van der Waals surface area (Å²) in [6.07, 6.45) is 6.08. The van der Waals surface area contributed by atoms with E-state index >= 15 is 0 Å². The van der Waals surface area contributed by atoms with Crippen LogP contribution in [0, 0.1) is 0 Å². The van der Waals surface area contributed by atoms with Crippen molar-refractivity contribution in [1.29, 1.82) is 0 Å². The molecule has 2 aliphatic heterocycles. The highest BCUT2D eigenvalue weighted by molar-refractivity contribution is 6.13. The molecule has 0 unspecified atom stereocenters. The van der Waals surface area contributed by atoms with Crippen LogP contribution in [0.25, 0.3) is 17.1 Å². The number of aromatic amines is 1. The zero-order valence-corrected chi connectivity index (χ0v) is 35.5. The van der Waals surface area contributed by atoms with Crippen LogP contribution in [0.4, 0.5) is 34.5 Å². The van der Waals surface area contributed by atoms with Crippen LogP contribution in [0.1, 0.15) is 73.9 Å². The predicted octanol–water partition coefficient (Wildman–Crippen LogP) is 7.69. The van der Waals surface area contributed by atoms with Gasteiger partial charge in [0.05, 0.1) is 41.0 Å². The van der Waals surface area contributed by atoms with Gasteiger partial charge in [-0.15, -0.1) is 0 Å². The van der Waals surface area contributed by atoms with E-state index in [1.807, 2.05) is 75.4 Å². The molecule has 0 spiro atoms. The Bertz CT molecular complexity index is 2660. The number of H-pyrrole nitrogens is 1. The highest BCUT2D eigenvalue weighted by atomic mass is 16.5. The number of piperazine rings is 1. The number of ether oxygens (including phenoxy) is 1. The molecule has 1 saturated heterocycles. The van der Waals surface area contributed by atoms with Crippen molar-refractivity contribution in [3.63, 3.8) is 0 Å². The maximum absolute atomic E-state index is 13.6. The van der Waals surface area contributed by atoms with Gasteiger partial charge in [-0.2, -0.15) is 10.1 Å². The molecule has 0 radical (unpaired) electrons. The summed E-state index contributed by atoms with van der Waals surface area (Å²) < 4.78 is 7.62. The van der Waals surface area contributed by atoms with Crippen LogP contribution < -0.4 is 30.4 Å². The predicted molar refractivity (Wildman–Crippen MR) is 241 cm³/mol. The molecule has 2 fully saturated rings. The van der Waals surface area contributed by atoms with Crippen molar-refractivity contribution in [2.75, 3.05) is 59.9 Å². The maximum atomic E-state index is 13.6. The van der Waals surface area contributed by atoms with E-state index in [1.165, 1.54) is 10.6 Å². The zero-order chi connectivity index (χ0) is 43.1. The minimum atomic E-state index is -0.426. The van der Waals surface area contributed by atoms with Crippen LogP contribution in [0.5, 0.6) is 17.2 Å². The number of benzene rings is 4. The molecular formula is C47H52N10O5. The number of nitrogens with one attached hydrogen (secondary N) is 2. The lowest BCUT2D eigenvalue weighted by Crippen LogP contribution is -2.45. The number of aromatic nitrogens is 5. The Kier molecular flexibility index (Phi) is 11.0. The van der Waals surface area contributed by atoms with Gasteiger partial charge < -0.3 is 35.0 Å². The van der Waals surface area contributed by atoms with E-state index in [-0.39, 0.29) is 35.2 Å². The smallest absolute Gasteiger partial charge is 0.348 e. The second kappa shape index (κ2) is 16.9. The lowest BCUT2D eigenvalue weighted by atomic mass is 9.98. The van der Waals surface area contributed by atoms with Gasteiger partial charge in [-0.25, -0.2) is 19.4 Å². The van der Waals surface area contributed by atoms with E-state index < -0.39 is 5.69 Å². The van der Waals surface area contributed by atoms with Crippen molar-refractivity contribution in [2.45, 2.75) is 65.0 Å². The first kappa shape index (κ1) is 40.5. The van der Waals surface area contributed by atoms with Gasteiger partial charge in [0.1, 0.15) is 22.9 Å². The van der Waals surface area contributed by atoms with Crippen LogP contribution in [0.15, 0.2) is 89.9 Å². The number of hydrogen-bond acceptors (Lipinski definition) is 12. The van der Waals surface area contributed by atoms with Gasteiger partial charge >= 0.3 is 5.69 Å². The minimum Gasteiger partial charge on any atom is -0.508 e. The third-order valence-corrected chi connectivity index (χ3v) is 12.3. The van der Waals surface area contributed by atoms with Gasteiger partial charge in [0.2, 0.25) is 5.95 Å². The van der Waals surface area contributed by atoms with E-state index in [9.17, 15) is 19.8 Å². The van der Waals surface area contributed by atoms with E-state index in [2.05, 4.69) is 42.3 Å². The first-order valence-electron chi connectivity index (χ1n) is 21.5. The number of phenolic OH excluding ortho intramolecular Hbond substituents is 2. The Morgan fingerprint density at radius 3 is 2.35 bits per heavy atom. The number of nitrogens with zero attached hydrogens (tertiary/aromatic N) is 8. The molecule has 1 aliphatic carbocycles. The van der Waals surface area contributed by atoms with Gasteiger partial charge in [-0.1, -0.05) is 51.0 Å². The zero-order valence-electron chi connectivity index (χ0n) is 35.5. The molecule has 4 aromatic carbocycles. The quantitative estimate of drug-likeness (QED) is 0.101. The van der Waals surface area contributed by atoms with Gasteiger partial charge in [0.15, 0.2) is 11.6 Å². The average molecular weight is 837 g/mol. The third-order valence-electron chi connectivity index (χ3n) is 12.3. The largest absolute Gasteiger partial charge is 0.508 e. The number of para-hydroxylation sites is 1. The van der Waals surface area contributed by atoms with Crippen molar-refractivity contribution in [2.24, 2.45) is 0 Å². The Hall–Kier alpha value is -6.87. The molecule has 15 nitrogen and oxygen atoms in total. The summed E-state index contributed by atoms with van der Waals surface area (Å²) in [6, 6.07) is 25.0. The molecule has 320 valence electrons. The van der Waals surface area contributed by atoms with Crippen LogP contribution in [-0.4, -0.2) is 91.6 Å². The molecular weight excluding hydrogens is 785 g/mol. The van der Waals surface area contributed by atoms with Crippen LogP contribution >= 0.6 is 0 Å². The summed E-state index contributed by atoms with van der Waals surface area (Å²) in [4.78, 5) is 45.1. The number of carbonyl (C=O) groups excluding carboxylic acids is 1. The Morgan fingerprint density at radius 1 is 0.871 bits per heavy atom. The molecule has 0 bridgehead atoms. The van der Waals surface area contributed by atoms with Crippen molar-refractivity contribution < 1.29 is 19.7 Å². The number of anilines is 6. The number of fused-ring (bicyclic) bond motifs is 2. The number of rotatable bonds is 11. The van der Waals surface area contributed by atoms with Crippen molar-refractivity contribution >= 4 is 40.4 Å². The van der Waals surface area contributed by atoms with Gasteiger partial charge in [-0.3, -0.25) is 9.69 Å². The molecule has 15 heteroatoms. The second-order valence-corrected chi connectivity index (χ2v) is 16.5. The molecule has 0 atom stereocenters. The van der Waals surface area contributed by atoms with Gasteiger partial charge in [0.25, 0.3) is 5.91 Å².